The van der Waals surface area contributed by atoms with Crippen molar-refractivity contribution in [2.45, 2.75) is 32.1 Å². The van der Waals surface area contributed by atoms with E-state index in [0.717, 1.165) is 28.4 Å². The van der Waals surface area contributed by atoms with Crippen molar-refractivity contribution in [1.82, 2.24) is 0 Å². The van der Waals surface area contributed by atoms with Gasteiger partial charge < -0.3 is 4.90 Å². The standard InChI is InChI=1S/C16H21N3S/c1-4-20-16-8-5-7-15(14(16)11-18)19(10-6-9-17)12-13(2)3/h5,7-8,13H,4,6,10,12H2,1-3H3. The van der Waals surface area contributed by atoms with E-state index < -0.39 is 0 Å². The van der Waals surface area contributed by atoms with Crippen LogP contribution in [0.25, 0.3) is 0 Å². The van der Waals surface area contributed by atoms with E-state index in [2.05, 4.69) is 37.8 Å². The van der Waals surface area contributed by atoms with Crippen LogP contribution in [-0.2, 0) is 0 Å². The molecule has 1 aromatic carbocycles. The summed E-state index contributed by atoms with van der Waals surface area (Å²) in [5, 5.41) is 18.3. The number of hydrogen-bond acceptors (Lipinski definition) is 4. The maximum atomic E-state index is 9.48. The number of nitriles is 2. The van der Waals surface area contributed by atoms with Crippen LogP contribution in [0.3, 0.4) is 0 Å². The first-order chi connectivity index (χ1) is 9.63. The summed E-state index contributed by atoms with van der Waals surface area (Å²) in [7, 11) is 0. The third kappa shape index (κ3) is 4.47. The number of anilines is 1. The number of benzene rings is 1. The zero-order chi connectivity index (χ0) is 15.0. The van der Waals surface area contributed by atoms with Gasteiger partial charge in [0.1, 0.15) is 6.07 Å². The Balaban J connectivity index is 3.15. The molecule has 0 aliphatic heterocycles. The second kappa shape index (κ2) is 8.51. The van der Waals surface area contributed by atoms with Crippen molar-refractivity contribution in [3.05, 3.63) is 23.8 Å². The molecular weight excluding hydrogens is 266 g/mol. The molecule has 1 rings (SSSR count). The molecule has 0 N–H and O–H groups in total. The second-order valence-corrected chi connectivity index (χ2v) is 6.25. The fraction of sp³-hybridized carbons (Fsp3) is 0.500. The van der Waals surface area contributed by atoms with E-state index in [1.165, 1.54) is 0 Å². The maximum absolute atomic E-state index is 9.48. The Morgan fingerprint density at radius 1 is 1.30 bits per heavy atom. The normalized spacial score (nSPS) is 10.1. The van der Waals surface area contributed by atoms with Crippen LogP contribution in [0.4, 0.5) is 5.69 Å². The fourth-order valence-corrected chi connectivity index (χ4v) is 2.89. The van der Waals surface area contributed by atoms with E-state index in [-0.39, 0.29) is 0 Å². The molecule has 106 valence electrons. The molecule has 0 unspecified atom stereocenters. The van der Waals surface area contributed by atoms with Crippen LogP contribution in [0.2, 0.25) is 0 Å². The van der Waals surface area contributed by atoms with E-state index >= 15 is 0 Å². The minimum atomic E-state index is 0.475. The van der Waals surface area contributed by atoms with Crippen molar-refractivity contribution in [2.75, 3.05) is 23.7 Å². The Morgan fingerprint density at radius 2 is 2.05 bits per heavy atom. The van der Waals surface area contributed by atoms with E-state index in [9.17, 15) is 5.26 Å². The zero-order valence-electron chi connectivity index (χ0n) is 12.4. The SMILES string of the molecule is CCSc1cccc(N(CCC#N)CC(C)C)c1C#N. The van der Waals surface area contributed by atoms with E-state index in [1.807, 2.05) is 18.2 Å². The largest absolute Gasteiger partial charge is 0.369 e. The first-order valence-electron chi connectivity index (χ1n) is 6.91. The van der Waals surface area contributed by atoms with Gasteiger partial charge in [-0.05, 0) is 23.8 Å². The average molecular weight is 287 g/mol. The highest BCUT2D eigenvalue weighted by Crippen LogP contribution is 2.30. The summed E-state index contributed by atoms with van der Waals surface area (Å²) in [6, 6.07) is 10.5. The predicted octanol–water partition coefficient (Wildman–Crippen LogP) is 4.05. The molecule has 0 saturated carbocycles. The summed E-state index contributed by atoms with van der Waals surface area (Å²) in [4.78, 5) is 3.19. The molecule has 0 aliphatic rings. The van der Waals surface area contributed by atoms with Gasteiger partial charge in [0.15, 0.2) is 0 Å². The average Bonchev–Trinajstić information content (AvgIpc) is 2.43. The second-order valence-electron chi connectivity index (χ2n) is 4.94. The van der Waals surface area contributed by atoms with Crippen LogP contribution in [0.5, 0.6) is 0 Å². The highest BCUT2D eigenvalue weighted by molar-refractivity contribution is 7.99. The van der Waals surface area contributed by atoms with Crippen LogP contribution >= 0.6 is 11.8 Å². The topological polar surface area (TPSA) is 50.8 Å². The molecule has 0 atom stereocenters. The minimum Gasteiger partial charge on any atom is -0.369 e. The Hall–Kier alpha value is -1.65. The molecule has 0 amide bonds. The molecule has 0 spiro atoms. The van der Waals surface area contributed by atoms with Gasteiger partial charge >= 0.3 is 0 Å². The summed E-state index contributed by atoms with van der Waals surface area (Å²) in [5.41, 5.74) is 1.69. The van der Waals surface area contributed by atoms with Gasteiger partial charge in [-0.3, -0.25) is 0 Å². The molecule has 0 aromatic heterocycles. The molecule has 1 aromatic rings. The van der Waals surface area contributed by atoms with Crippen molar-refractivity contribution in [3.8, 4) is 12.1 Å². The van der Waals surface area contributed by atoms with Gasteiger partial charge in [-0.1, -0.05) is 26.8 Å². The van der Waals surface area contributed by atoms with E-state index in [1.54, 1.807) is 11.8 Å². The van der Waals surface area contributed by atoms with Crippen molar-refractivity contribution < 1.29 is 0 Å². The van der Waals surface area contributed by atoms with Crippen LogP contribution in [0.1, 0.15) is 32.8 Å². The molecule has 0 saturated heterocycles. The summed E-state index contributed by atoms with van der Waals surface area (Å²) < 4.78 is 0. The monoisotopic (exact) mass is 287 g/mol. The number of rotatable bonds is 7. The Kier molecular flexibility index (Phi) is 6.98. The fourth-order valence-electron chi connectivity index (χ4n) is 2.11. The van der Waals surface area contributed by atoms with Gasteiger partial charge in [-0.2, -0.15) is 10.5 Å². The van der Waals surface area contributed by atoms with E-state index in [4.69, 9.17) is 5.26 Å². The quantitative estimate of drug-likeness (QED) is 0.710. The van der Waals surface area contributed by atoms with Gasteiger partial charge in [0.05, 0.1) is 23.7 Å². The van der Waals surface area contributed by atoms with Gasteiger partial charge in [0, 0.05) is 18.0 Å². The van der Waals surface area contributed by atoms with Crippen LogP contribution in [0.15, 0.2) is 23.1 Å². The van der Waals surface area contributed by atoms with Crippen molar-refractivity contribution >= 4 is 17.4 Å². The maximum Gasteiger partial charge on any atom is 0.103 e. The first-order valence-corrected chi connectivity index (χ1v) is 7.90. The summed E-state index contributed by atoms with van der Waals surface area (Å²) in [6.45, 7) is 7.91. The molecule has 0 radical (unpaired) electrons. The van der Waals surface area contributed by atoms with Gasteiger partial charge in [-0.15, -0.1) is 11.8 Å². The number of nitrogens with zero attached hydrogens (tertiary/aromatic N) is 3. The van der Waals surface area contributed by atoms with Crippen LogP contribution in [0, 0.1) is 28.6 Å². The lowest BCUT2D eigenvalue weighted by atomic mass is 10.1. The Morgan fingerprint density at radius 3 is 2.60 bits per heavy atom. The van der Waals surface area contributed by atoms with Crippen LogP contribution < -0.4 is 4.90 Å². The summed E-state index contributed by atoms with van der Waals surface area (Å²) in [5.74, 6) is 1.43. The molecule has 0 bridgehead atoms. The van der Waals surface area contributed by atoms with Gasteiger partial charge in [0.2, 0.25) is 0 Å². The predicted molar refractivity (Wildman–Crippen MR) is 84.8 cm³/mol. The molecule has 4 heteroatoms. The van der Waals surface area contributed by atoms with Gasteiger partial charge in [-0.25, -0.2) is 0 Å². The smallest absolute Gasteiger partial charge is 0.103 e. The van der Waals surface area contributed by atoms with Crippen LogP contribution in [-0.4, -0.2) is 18.8 Å². The summed E-state index contributed by atoms with van der Waals surface area (Å²) >= 11 is 1.69. The highest BCUT2D eigenvalue weighted by Gasteiger charge is 2.15. The van der Waals surface area contributed by atoms with E-state index in [0.29, 0.717) is 18.9 Å². The molecular formula is C16H21N3S. The van der Waals surface area contributed by atoms with Crippen molar-refractivity contribution in [1.29, 1.82) is 10.5 Å². The lowest BCUT2D eigenvalue weighted by Gasteiger charge is -2.27. The molecule has 0 aliphatic carbocycles. The minimum absolute atomic E-state index is 0.475. The highest BCUT2D eigenvalue weighted by atomic mass is 32.2. The number of hydrogen-bond donors (Lipinski definition) is 0. The lowest BCUT2D eigenvalue weighted by molar-refractivity contribution is 0.611. The molecule has 3 nitrogen and oxygen atoms in total. The summed E-state index contributed by atoms with van der Waals surface area (Å²) in [6.07, 6.45) is 0.475. The third-order valence-corrected chi connectivity index (χ3v) is 3.78. The molecule has 0 heterocycles. The first kappa shape index (κ1) is 16.4. The third-order valence-electron chi connectivity index (χ3n) is 2.84. The lowest BCUT2D eigenvalue weighted by Crippen LogP contribution is -2.29. The number of thioether (sulfide) groups is 1. The van der Waals surface area contributed by atoms with Crippen molar-refractivity contribution in [3.63, 3.8) is 0 Å². The van der Waals surface area contributed by atoms with Crippen molar-refractivity contribution in [2.24, 2.45) is 5.92 Å². The Labute approximate surface area is 126 Å². The zero-order valence-corrected chi connectivity index (χ0v) is 13.2. The van der Waals surface area contributed by atoms with Gasteiger partial charge in [0.25, 0.3) is 0 Å². The Bertz CT molecular complexity index is 511. The molecule has 20 heavy (non-hydrogen) atoms. The molecule has 0 fully saturated rings.